The van der Waals surface area contributed by atoms with Gasteiger partial charge in [-0.15, -0.1) is 0 Å². The first-order chi connectivity index (χ1) is 8.20. The van der Waals surface area contributed by atoms with E-state index in [4.69, 9.17) is 0 Å². The van der Waals surface area contributed by atoms with E-state index in [1.54, 1.807) is 0 Å². The molecule has 4 heteroatoms. The van der Waals surface area contributed by atoms with Crippen molar-refractivity contribution in [2.75, 3.05) is 25.5 Å². The zero-order chi connectivity index (χ0) is 12.3. The van der Waals surface area contributed by atoms with Crippen LogP contribution in [0.4, 0.5) is 5.69 Å². The second-order valence-electron chi connectivity index (χ2n) is 5.03. The molecule has 1 aliphatic rings. The molecule has 0 radical (unpaired) electrons. The molecule has 4 nitrogen and oxygen atoms in total. The Morgan fingerprint density at radius 2 is 2.24 bits per heavy atom. The molecule has 0 spiro atoms. The number of rotatable bonds is 4. The SMILES string of the molecule is CCc1nn(C)cc1NCC1CCCCN1C. The summed E-state index contributed by atoms with van der Waals surface area (Å²) in [5.74, 6) is 0. The molecule has 1 aromatic rings. The Morgan fingerprint density at radius 3 is 2.94 bits per heavy atom. The van der Waals surface area contributed by atoms with Crippen molar-refractivity contribution in [3.05, 3.63) is 11.9 Å². The highest BCUT2D eigenvalue weighted by Gasteiger charge is 2.18. The van der Waals surface area contributed by atoms with Crippen LogP contribution in [0.1, 0.15) is 31.9 Å². The minimum Gasteiger partial charge on any atom is -0.381 e. The molecule has 1 aromatic heterocycles. The number of aryl methyl sites for hydroxylation is 2. The van der Waals surface area contributed by atoms with Crippen LogP contribution in [0.3, 0.4) is 0 Å². The molecule has 1 atom stereocenters. The standard InChI is InChI=1S/C13H24N4/c1-4-12-13(10-17(3)15-12)14-9-11-7-5-6-8-16(11)2/h10-11,14H,4-9H2,1-3H3. The monoisotopic (exact) mass is 236 g/mol. The van der Waals surface area contributed by atoms with Crippen LogP contribution in [-0.4, -0.2) is 40.9 Å². The summed E-state index contributed by atoms with van der Waals surface area (Å²) in [5.41, 5.74) is 2.37. The van der Waals surface area contributed by atoms with Crippen LogP contribution < -0.4 is 5.32 Å². The first-order valence-corrected chi connectivity index (χ1v) is 6.67. The minimum absolute atomic E-state index is 0.675. The number of hydrogen-bond acceptors (Lipinski definition) is 3. The molecule has 1 N–H and O–H groups in total. The third-order valence-electron chi connectivity index (χ3n) is 3.69. The van der Waals surface area contributed by atoms with Crippen molar-refractivity contribution in [3.63, 3.8) is 0 Å². The van der Waals surface area contributed by atoms with E-state index in [0.29, 0.717) is 6.04 Å². The summed E-state index contributed by atoms with van der Waals surface area (Å²) in [6, 6.07) is 0.675. The fourth-order valence-corrected chi connectivity index (χ4v) is 2.57. The van der Waals surface area contributed by atoms with Crippen LogP contribution in [-0.2, 0) is 13.5 Å². The molecule has 17 heavy (non-hydrogen) atoms. The summed E-state index contributed by atoms with van der Waals surface area (Å²) in [6.07, 6.45) is 7.10. The van der Waals surface area contributed by atoms with Crippen LogP contribution in [0.2, 0.25) is 0 Å². The summed E-state index contributed by atoms with van der Waals surface area (Å²) < 4.78 is 1.89. The highest BCUT2D eigenvalue weighted by Crippen LogP contribution is 2.18. The molecule has 1 unspecified atom stereocenters. The number of nitrogens with one attached hydrogen (secondary N) is 1. The highest BCUT2D eigenvalue weighted by molar-refractivity contribution is 5.46. The second-order valence-corrected chi connectivity index (χ2v) is 5.03. The van der Waals surface area contributed by atoms with Gasteiger partial charge in [0.15, 0.2) is 0 Å². The Labute approximate surface area is 104 Å². The van der Waals surface area contributed by atoms with Gasteiger partial charge in [0.2, 0.25) is 0 Å². The third-order valence-corrected chi connectivity index (χ3v) is 3.69. The zero-order valence-corrected chi connectivity index (χ0v) is 11.2. The van der Waals surface area contributed by atoms with E-state index in [1.165, 1.54) is 37.2 Å². The summed E-state index contributed by atoms with van der Waals surface area (Å²) in [7, 11) is 4.21. The fraction of sp³-hybridized carbons (Fsp3) is 0.769. The van der Waals surface area contributed by atoms with Crippen molar-refractivity contribution in [3.8, 4) is 0 Å². The van der Waals surface area contributed by atoms with Crippen LogP contribution in [0.25, 0.3) is 0 Å². The predicted octanol–water partition coefficient (Wildman–Crippen LogP) is 1.88. The van der Waals surface area contributed by atoms with E-state index >= 15 is 0 Å². The summed E-state index contributed by atoms with van der Waals surface area (Å²) in [5, 5.41) is 8.01. The number of aromatic nitrogens is 2. The van der Waals surface area contributed by atoms with E-state index in [0.717, 1.165) is 13.0 Å². The average Bonchev–Trinajstić information content (AvgIpc) is 2.69. The summed E-state index contributed by atoms with van der Waals surface area (Å²) in [4.78, 5) is 2.47. The van der Waals surface area contributed by atoms with Gasteiger partial charge in [0.1, 0.15) is 0 Å². The van der Waals surface area contributed by atoms with Crippen LogP contribution in [0.15, 0.2) is 6.20 Å². The van der Waals surface area contributed by atoms with Crippen molar-refractivity contribution in [1.29, 1.82) is 0 Å². The van der Waals surface area contributed by atoms with Gasteiger partial charge in [-0.2, -0.15) is 5.10 Å². The van der Waals surface area contributed by atoms with E-state index in [9.17, 15) is 0 Å². The number of hydrogen-bond donors (Lipinski definition) is 1. The quantitative estimate of drug-likeness (QED) is 0.866. The maximum Gasteiger partial charge on any atom is 0.0853 e. The lowest BCUT2D eigenvalue weighted by Gasteiger charge is -2.32. The molecular weight excluding hydrogens is 212 g/mol. The second kappa shape index (κ2) is 5.54. The van der Waals surface area contributed by atoms with Gasteiger partial charge in [-0.25, -0.2) is 0 Å². The number of likely N-dealkylation sites (tertiary alicyclic amines) is 1. The largest absolute Gasteiger partial charge is 0.381 e. The lowest BCUT2D eigenvalue weighted by Crippen LogP contribution is -2.40. The Kier molecular flexibility index (Phi) is 4.05. The summed E-state index contributed by atoms with van der Waals surface area (Å²) in [6.45, 7) is 4.43. The molecule has 0 aromatic carbocycles. The van der Waals surface area contributed by atoms with Gasteiger partial charge >= 0.3 is 0 Å². The van der Waals surface area contributed by atoms with Gasteiger partial charge in [-0.05, 0) is 32.9 Å². The van der Waals surface area contributed by atoms with Crippen molar-refractivity contribution < 1.29 is 0 Å². The van der Waals surface area contributed by atoms with Gasteiger partial charge in [0.05, 0.1) is 11.4 Å². The van der Waals surface area contributed by atoms with Crippen molar-refractivity contribution in [2.45, 2.75) is 38.6 Å². The fourth-order valence-electron chi connectivity index (χ4n) is 2.57. The van der Waals surface area contributed by atoms with Gasteiger partial charge in [-0.3, -0.25) is 4.68 Å². The first kappa shape index (κ1) is 12.4. The Balaban J connectivity index is 1.92. The molecule has 0 amide bonds. The molecule has 1 saturated heterocycles. The molecule has 2 rings (SSSR count). The van der Waals surface area contributed by atoms with Gasteiger partial charge in [0.25, 0.3) is 0 Å². The van der Waals surface area contributed by atoms with E-state index in [1.807, 2.05) is 11.7 Å². The molecule has 0 saturated carbocycles. The molecular formula is C13H24N4. The molecule has 0 bridgehead atoms. The smallest absolute Gasteiger partial charge is 0.0853 e. The van der Waals surface area contributed by atoms with Crippen molar-refractivity contribution in [2.24, 2.45) is 7.05 Å². The number of anilines is 1. The molecule has 2 heterocycles. The Bertz CT molecular complexity index is 358. The highest BCUT2D eigenvalue weighted by atomic mass is 15.3. The van der Waals surface area contributed by atoms with Gasteiger partial charge < -0.3 is 10.2 Å². The minimum atomic E-state index is 0.675. The Morgan fingerprint density at radius 1 is 1.41 bits per heavy atom. The van der Waals surface area contributed by atoms with Crippen LogP contribution >= 0.6 is 0 Å². The molecule has 96 valence electrons. The molecule has 1 fully saturated rings. The average molecular weight is 236 g/mol. The number of likely N-dealkylation sites (N-methyl/N-ethyl adjacent to an activating group) is 1. The first-order valence-electron chi connectivity index (χ1n) is 6.67. The lowest BCUT2D eigenvalue weighted by molar-refractivity contribution is 0.194. The topological polar surface area (TPSA) is 33.1 Å². The van der Waals surface area contributed by atoms with Crippen LogP contribution in [0, 0.1) is 0 Å². The number of nitrogens with zero attached hydrogens (tertiary/aromatic N) is 3. The summed E-state index contributed by atoms with van der Waals surface area (Å²) >= 11 is 0. The maximum atomic E-state index is 4.45. The van der Waals surface area contributed by atoms with E-state index in [-0.39, 0.29) is 0 Å². The van der Waals surface area contributed by atoms with E-state index < -0.39 is 0 Å². The predicted molar refractivity (Wildman–Crippen MR) is 71.3 cm³/mol. The molecule has 0 aliphatic carbocycles. The Hall–Kier alpha value is -1.03. The molecule has 1 aliphatic heterocycles. The normalized spacial score (nSPS) is 21.7. The third kappa shape index (κ3) is 3.00. The van der Waals surface area contributed by atoms with Crippen LogP contribution in [0.5, 0.6) is 0 Å². The van der Waals surface area contributed by atoms with Crippen molar-refractivity contribution >= 4 is 5.69 Å². The van der Waals surface area contributed by atoms with Gasteiger partial charge in [0, 0.05) is 25.8 Å². The number of piperidine rings is 1. The maximum absolute atomic E-state index is 4.45. The van der Waals surface area contributed by atoms with Crippen molar-refractivity contribution in [1.82, 2.24) is 14.7 Å². The van der Waals surface area contributed by atoms with E-state index in [2.05, 4.69) is 35.5 Å². The zero-order valence-electron chi connectivity index (χ0n) is 11.2. The lowest BCUT2D eigenvalue weighted by atomic mass is 10.0. The van der Waals surface area contributed by atoms with Gasteiger partial charge in [-0.1, -0.05) is 13.3 Å².